The molecule has 0 aromatic heterocycles. The normalized spacial score (nSPS) is 18.0. The van der Waals surface area contributed by atoms with Crippen LogP contribution in [0.4, 0.5) is 14.4 Å². The number of carbonyl (C=O) groups is 5. The third kappa shape index (κ3) is 9.85. The lowest BCUT2D eigenvalue weighted by Crippen LogP contribution is -2.69. The van der Waals surface area contributed by atoms with Gasteiger partial charge >= 0.3 is 24.2 Å². The van der Waals surface area contributed by atoms with Crippen molar-refractivity contribution in [2.75, 3.05) is 39.3 Å². The van der Waals surface area contributed by atoms with Crippen LogP contribution >= 0.6 is 0 Å². The molecule has 2 saturated heterocycles. The van der Waals surface area contributed by atoms with Gasteiger partial charge in [-0.1, -0.05) is 71.9 Å². The summed E-state index contributed by atoms with van der Waals surface area (Å²) in [4.78, 5) is 68.1. The van der Waals surface area contributed by atoms with Crippen molar-refractivity contribution in [1.82, 2.24) is 20.0 Å². The van der Waals surface area contributed by atoms with Gasteiger partial charge in [-0.3, -0.25) is 4.79 Å². The second-order valence-electron chi connectivity index (χ2n) is 11.2. The smallest absolute Gasteiger partial charge is 0.410 e. The highest BCUT2D eigenvalue weighted by molar-refractivity contribution is 6.07. The second kappa shape index (κ2) is 18.1. The predicted octanol–water partition coefficient (Wildman–Crippen LogP) is 4.66. The topological polar surface area (TPSA) is 135 Å². The number of piperazine rings is 1. The Hall–Kier alpha value is -3.83. The number of amides is 5. The molecule has 2 heterocycles. The number of benzene rings is 1. The largest absolute Gasteiger partial charge is 0.459 e. The Balaban J connectivity index is 0.00000330. The molecule has 0 aliphatic carbocycles. The monoisotopic (exact) mass is 618 g/mol. The van der Waals surface area contributed by atoms with Crippen LogP contribution in [0.2, 0.25) is 0 Å². The second-order valence-corrected chi connectivity index (χ2v) is 11.2. The number of ether oxygens (including phenoxy) is 3. The number of hydrogen-bond acceptors (Lipinski definition) is 8. The lowest BCUT2D eigenvalue weighted by molar-refractivity contribution is -0.171. The molecule has 2 atom stereocenters. The lowest BCUT2D eigenvalue weighted by Gasteiger charge is -2.46. The molecule has 1 aromatic carbocycles. The van der Waals surface area contributed by atoms with Crippen LogP contribution in [0.15, 0.2) is 30.3 Å². The van der Waals surface area contributed by atoms with Crippen molar-refractivity contribution in [3.8, 4) is 0 Å². The number of rotatable bonds is 11. The number of likely N-dealkylation sites (tertiary alicyclic amines) is 1. The molecule has 0 bridgehead atoms. The fraction of sp³-hybridized carbons (Fsp3) is 0.656. The van der Waals surface area contributed by atoms with Gasteiger partial charge in [0.25, 0.3) is 0 Å². The van der Waals surface area contributed by atoms with E-state index in [2.05, 4.69) is 5.32 Å². The molecule has 0 saturated carbocycles. The number of urea groups is 1. The van der Waals surface area contributed by atoms with E-state index < -0.39 is 42.1 Å². The van der Waals surface area contributed by atoms with Crippen LogP contribution < -0.4 is 5.32 Å². The summed E-state index contributed by atoms with van der Waals surface area (Å²) in [6.45, 7) is 15.1. The van der Waals surface area contributed by atoms with Crippen LogP contribution in [0.3, 0.4) is 0 Å². The van der Waals surface area contributed by atoms with Crippen molar-refractivity contribution in [1.29, 1.82) is 0 Å². The van der Waals surface area contributed by atoms with Gasteiger partial charge in [0.05, 0.1) is 12.5 Å². The zero-order valence-corrected chi connectivity index (χ0v) is 27.2. The van der Waals surface area contributed by atoms with E-state index in [1.807, 2.05) is 71.9 Å². The Kier molecular flexibility index (Phi) is 14.9. The molecule has 12 heteroatoms. The molecule has 246 valence electrons. The fourth-order valence-corrected chi connectivity index (χ4v) is 5.29. The third-order valence-electron chi connectivity index (χ3n) is 7.48. The summed E-state index contributed by atoms with van der Waals surface area (Å²) >= 11 is 0. The number of alkyl carbamates (subject to hydrolysis) is 1. The van der Waals surface area contributed by atoms with Gasteiger partial charge < -0.3 is 29.3 Å². The van der Waals surface area contributed by atoms with Crippen molar-refractivity contribution >= 4 is 30.1 Å². The average Bonchev–Trinajstić information content (AvgIpc) is 3.02. The number of imide groups is 1. The highest BCUT2D eigenvalue weighted by Crippen LogP contribution is 2.33. The highest BCUT2D eigenvalue weighted by atomic mass is 16.6. The van der Waals surface area contributed by atoms with Crippen LogP contribution in [-0.2, 0) is 30.4 Å². The number of carbonyl (C=O) groups excluding carboxylic acids is 5. The fourth-order valence-electron chi connectivity index (χ4n) is 5.29. The number of esters is 1. The minimum absolute atomic E-state index is 0.0120. The molecule has 44 heavy (non-hydrogen) atoms. The van der Waals surface area contributed by atoms with E-state index in [1.165, 1.54) is 4.90 Å². The molecule has 2 aliphatic heterocycles. The first kappa shape index (κ1) is 36.4. The number of nitrogens with zero attached hydrogens (tertiary/aromatic N) is 3. The Labute approximate surface area is 261 Å². The maximum Gasteiger partial charge on any atom is 0.410 e. The van der Waals surface area contributed by atoms with Gasteiger partial charge in [0.1, 0.15) is 12.7 Å². The summed E-state index contributed by atoms with van der Waals surface area (Å²) in [5.74, 6) is -1.54. The van der Waals surface area contributed by atoms with Gasteiger partial charge in [0.15, 0.2) is 6.04 Å². The molecule has 5 amide bonds. The third-order valence-corrected chi connectivity index (χ3v) is 7.48. The first-order chi connectivity index (χ1) is 21.0. The highest BCUT2D eigenvalue weighted by Gasteiger charge is 2.56. The number of hydrogen-bond donors (Lipinski definition) is 1. The maximum absolute atomic E-state index is 13.5. The van der Waals surface area contributed by atoms with Gasteiger partial charge in [-0.05, 0) is 37.2 Å². The van der Waals surface area contributed by atoms with Crippen molar-refractivity contribution in [2.45, 2.75) is 80.1 Å². The van der Waals surface area contributed by atoms with E-state index in [4.69, 9.17) is 14.2 Å². The van der Waals surface area contributed by atoms with Crippen LogP contribution in [0.5, 0.6) is 0 Å². The summed E-state index contributed by atoms with van der Waals surface area (Å²) in [5, 5.41) is 2.60. The van der Waals surface area contributed by atoms with Gasteiger partial charge in [-0.15, -0.1) is 0 Å². The summed E-state index contributed by atoms with van der Waals surface area (Å²) in [6, 6.07) is 7.47. The first-order valence-corrected chi connectivity index (χ1v) is 15.7. The van der Waals surface area contributed by atoms with Crippen molar-refractivity contribution < 1.29 is 38.2 Å². The minimum atomic E-state index is -1.07. The van der Waals surface area contributed by atoms with Crippen molar-refractivity contribution in [3.05, 3.63) is 35.9 Å². The van der Waals surface area contributed by atoms with E-state index in [0.717, 1.165) is 10.5 Å². The Morgan fingerprint density at radius 3 is 2.07 bits per heavy atom. The summed E-state index contributed by atoms with van der Waals surface area (Å²) in [5.41, 5.74) is 0.782. The van der Waals surface area contributed by atoms with Crippen LogP contribution in [0.25, 0.3) is 0 Å². The Morgan fingerprint density at radius 2 is 1.50 bits per heavy atom. The molecular weight excluding hydrogens is 568 g/mol. The molecule has 0 spiro atoms. The summed E-state index contributed by atoms with van der Waals surface area (Å²) in [6.07, 6.45) is -0.503. The van der Waals surface area contributed by atoms with E-state index >= 15 is 0 Å². The quantitative estimate of drug-likeness (QED) is 0.164. The van der Waals surface area contributed by atoms with Gasteiger partial charge in [0.2, 0.25) is 5.91 Å². The van der Waals surface area contributed by atoms with Gasteiger partial charge in [-0.25, -0.2) is 24.1 Å². The first-order valence-electron chi connectivity index (χ1n) is 15.7. The van der Waals surface area contributed by atoms with Gasteiger partial charge in [0, 0.05) is 32.7 Å². The van der Waals surface area contributed by atoms with Crippen LogP contribution in [0.1, 0.15) is 66.9 Å². The number of β-lactam (4-membered cyclic amide) rings is 1. The molecule has 2 aliphatic rings. The molecule has 1 unspecified atom stereocenters. The summed E-state index contributed by atoms with van der Waals surface area (Å²) in [7, 11) is 0. The zero-order chi connectivity index (χ0) is 32.8. The Morgan fingerprint density at radius 1 is 0.909 bits per heavy atom. The van der Waals surface area contributed by atoms with Crippen molar-refractivity contribution in [3.63, 3.8) is 0 Å². The molecule has 0 radical (unpaired) electrons. The minimum Gasteiger partial charge on any atom is -0.459 e. The SMILES string of the molecule is CC.CCOC(=O)NCCC[C@H]1C(=O)N(C(=O)N2CCN(C(=O)OC(C(C)C)C(C)C)CC2)C1C(=O)OCc1ccccc1. The molecular formula is C32H50N4O8. The van der Waals surface area contributed by atoms with E-state index in [-0.39, 0.29) is 70.3 Å². The van der Waals surface area contributed by atoms with Crippen LogP contribution in [-0.4, -0.2) is 96.3 Å². The summed E-state index contributed by atoms with van der Waals surface area (Å²) < 4.78 is 16.1. The Bertz CT molecular complexity index is 1080. The van der Waals surface area contributed by atoms with E-state index in [1.54, 1.807) is 11.8 Å². The molecule has 2 fully saturated rings. The van der Waals surface area contributed by atoms with Gasteiger partial charge in [-0.2, -0.15) is 0 Å². The molecule has 1 N–H and O–H groups in total. The van der Waals surface area contributed by atoms with Crippen molar-refractivity contribution in [2.24, 2.45) is 17.8 Å². The van der Waals surface area contributed by atoms with E-state index in [0.29, 0.717) is 6.42 Å². The molecule has 3 rings (SSSR count). The molecule has 1 aromatic rings. The zero-order valence-electron chi connectivity index (χ0n) is 27.2. The maximum atomic E-state index is 13.5. The van der Waals surface area contributed by atoms with Crippen LogP contribution in [0, 0.1) is 17.8 Å². The average molecular weight is 619 g/mol. The van der Waals surface area contributed by atoms with E-state index in [9.17, 15) is 24.0 Å². The molecule has 12 nitrogen and oxygen atoms in total. The lowest BCUT2D eigenvalue weighted by atomic mass is 9.83. The standard InChI is InChI=1S/C30H44N4O8.C2H6/c1-6-40-28(37)31-14-10-13-23-24(27(36)41-19-22-11-8-7-9-12-22)34(26(23)35)29(38)32-15-17-33(18-16-32)30(39)42-25(20(2)3)21(4)5;1-2/h7-9,11-12,20-21,23-25H,6,10,13-19H2,1-5H3,(H,31,37);1-2H3/t23-,24?;/m1./s1. The predicted molar refractivity (Wildman–Crippen MR) is 164 cm³/mol. The number of nitrogens with one attached hydrogen (secondary N) is 1.